The Kier molecular flexibility index (Phi) is 10.3. The fourth-order valence-electron chi connectivity index (χ4n) is 2.72. The van der Waals surface area contributed by atoms with Gasteiger partial charge in [-0.05, 0) is 36.2 Å². The van der Waals surface area contributed by atoms with Crippen molar-refractivity contribution in [2.45, 2.75) is 63.5 Å². The summed E-state index contributed by atoms with van der Waals surface area (Å²) in [5, 5.41) is 0.211. The van der Waals surface area contributed by atoms with Crippen LogP contribution in [0.1, 0.15) is 41.0 Å². The molecule has 1 aromatic heterocycles. The Morgan fingerprint density at radius 1 is 1.23 bits per heavy atom. The molecule has 1 aromatic carbocycles. The molecule has 0 fully saturated rings. The Morgan fingerprint density at radius 3 is 2.47 bits per heavy atom. The first-order chi connectivity index (χ1) is 13.3. The summed E-state index contributed by atoms with van der Waals surface area (Å²) in [5.41, 5.74) is 0.720. The van der Waals surface area contributed by atoms with Crippen molar-refractivity contribution in [1.82, 2.24) is 4.98 Å². The molecule has 2 aromatic rings. The van der Waals surface area contributed by atoms with Crippen LogP contribution >= 0.6 is 11.3 Å². The monoisotopic (exact) mass is 475 g/mol. The molecule has 4 nitrogen and oxygen atoms in total. The number of sulfone groups is 1. The van der Waals surface area contributed by atoms with Gasteiger partial charge in [-0.15, -0.1) is 17.1 Å². The van der Waals surface area contributed by atoms with Crippen LogP contribution in [0.3, 0.4) is 0 Å². The van der Waals surface area contributed by atoms with Crippen LogP contribution in [-0.4, -0.2) is 28.3 Å². The van der Waals surface area contributed by atoms with E-state index in [9.17, 15) is 8.42 Å². The molecule has 30 heavy (non-hydrogen) atoms. The van der Waals surface area contributed by atoms with Crippen molar-refractivity contribution in [2.24, 2.45) is 11.8 Å². The minimum atomic E-state index is -3.52. The van der Waals surface area contributed by atoms with E-state index in [0.717, 1.165) is 23.2 Å². The van der Waals surface area contributed by atoms with E-state index in [1.165, 1.54) is 17.1 Å². The van der Waals surface area contributed by atoms with E-state index in [-0.39, 0.29) is 44.9 Å². The first-order valence-electron chi connectivity index (χ1n) is 10.1. The number of benzene rings is 1. The fraction of sp³-hybridized carbons (Fsp3) is 0.545. The molecule has 162 valence electrons. The van der Waals surface area contributed by atoms with Crippen LogP contribution in [-0.2, 0) is 14.3 Å². The minimum Gasteiger partial charge on any atom is -0.417 e. The largest absolute Gasteiger partial charge is 1.00 e. The number of para-hydroxylation sites is 1. The molecule has 0 saturated carbocycles. The van der Waals surface area contributed by atoms with Crippen molar-refractivity contribution in [3.8, 4) is 0 Å². The van der Waals surface area contributed by atoms with Crippen molar-refractivity contribution >= 4 is 39.7 Å². The molecular formula is C22H34NNaO3S2Si. The van der Waals surface area contributed by atoms with Gasteiger partial charge in [0.05, 0.1) is 10.2 Å². The zero-order chi connectivity index (χ0) is 21.9. The van der Waals surface area contributed by atoms with Gasteiger partial charge in [-0.2, -0.15) is 0 Å². The Hall–Kier alpha value is -0.153. The second-order valence-electron chi connectivity index (χ2n) is 9.40. The van der Waals surface area contributed by atoms with Gasteiger partial charge in [0, 0.05) is 6.61 Å². The van der Waals surface area contributed by atoms with E-state index in [2.05, 4.69) is 52.7 Å². The van der Waals surface area contributed by atoms with Crippen molar-refractivity contribution < 1.29 is 42.4 Å². The second kappa shape index (κ2) is 11.1. The van der Waals surface area contributed by atoms with Crippen molar-refractivity contribution in [3.05, 3.63) is 42.2 Å². The fourth-order valence-corrected chi connectivity index (χ4v) is 6.09. The van der Waals surface area contributed by atoms with Gasteiger partial charge in [0.1, 0.15) is 0 Å². The van der Waals surface area contributed by atoms with E-state index in [4.69, 9.17) is 4.43 Å². The summed E-state index contributed by atoms with van der Waals surface area (Å²) in [6.07, 6.45) is 4.56. The number of hydrogen-bond acceptors (Lipinski definition) is 5. The van der Waals surface area contributed by atoms with E-state index in [1.54, 1.807) is 6.08 Å². The molecule has 0 spiro atoms. The van der Waals surface area contributed by atoms with Crippen LogP contribution in [0, 0.1) is 17.6 Å². The molecule has 0 amide bonds. The summed E-state index contributed by atoms with van der Waals surface area (Å²) < 4.78 is 32.4. The quantitative estimate of drug-likeness (QED) is 0.412. The Bertz CT molecular complexity index is 916. The number of nitrogens with zero attached hydrogens (tertiary/aromatic N) is 1. The van der Waals surface area contributed by atoms with Gasteiger partial charge in [0.15, 0.2) is 22.5 Å². The number of fused-ring (bicyclic) bond motifs is 1. The predicted molar refractivity (Wildman–Crippen MR) is 126 cm³/mol. The normalized spacial score (nSPS) is 15.2. The Morgan fingerprint density at radius 2 is 1.87 bits per heavy atom. The first kappa shape index (κ1) is 27.9. The molecule has 0 radical (unpaired) electrons. The van der Waals surface area contributed by atoms with E-state index in [0.29, 0.717) is 5.92 Å². The number of thiazole rings is 1. The van der Waals surface area contributed by atoms with E-state index < -0.39 is 18.2 Å². The van der Waals surface area contributed by atoms with Crippen LogP contribution in [0.25, 0.3) is 10.2 Å². The van der Waals surface area contributed by atoms with Crippen LogP contribution < -0.4 is 29.6 Å². The average molecular weight is 476 g/mol. The van der Waals surface area contributed by atoms with Crippen molar-refractivity contribution in [3.63, 3.8) is 0 Å². The summed E-state index contributed by atoms with van der Waals surface area (Å²) in [7, 11) is -5.25. The molecule has 0 bridgehead atoms. The van der Waals surface area contributed by atoms with Gasteiger partial charge >= 0.3 is 29.6 Å². The average Bonchev–Trinajstić information content (AvgIpc) is 3.04. The Labute approximate surface area is 209 Å². The third-order valence-electron chi connectivity index (χ3n) is 5.52. The zero-order valence-electron chi connectivity index (χ0n) is 19.6. The maximum Gasteiger partial charge on any atom is 1.00 e. The minimum absolute atomic E-state index is 0. The number of aromatic nitrogens is 1. The molecule has 0 unspecified atom stereocenters. The maximum absolute atomic E-state index is 12.5. The molecule has 0 aliphatic carbocycles. The van der Waals surface area contributed by atoms with Crippen LogP contribution in [0.4, 0.5) is 0 Å². The molecule has 1 heterocycles. The first-order valence-corrected chi connectivity index (χ1v) is 15.3. The third-order valence-corrected chi connectivity index (χ3v) is 12.9. The molecule has 2 rings (SSSR count). The molecule has 0 N–H and O–H groups in total. The van der Waals surface area contributed by atoms with Crippen LogP contribution in [0.5, 0.6) is 0 Å². The summed E-state index contributed by atoms with van der Waals surface area (Å²) in [6, 6.07) is 7.46. The summed E-state index contributed by atoms with van der Waals surface area (Å²) >= 11 is 1.21. The van der Waals surface area contributed by atoms with Crippen molar-refractivity contribution in [2.75, 3.05) is 6.61 Å². The predicted octanol–water partition coefficient (Wildman–Crippen LogP) is 3.48. The summed E-state index contributed by atoms with van der Waals surface area (Å²) in [5.74, 6) is 1.96. The SMILES string of the molecule is C[C@@H](CO[Si](C)(C)C(C)(C)C)C[C@H](C)/C=C/[CH-]S(=O)(=O)c1nc2ccccc2s1.[Na+]. The molecule has 0 saturated heterocycles. The van der Waals surface area contributed by atoms with Gasteiger partial charge in [0.2, 0.25) is 0 Å². The standard InChI is InChI=1S/C22H34NO3S2Si.Na/c1-17(15-18(2)16-26-29(6,7)22(3,4)5)11-10-14-28(24,25)21-23-19-12-8-9-13-20(19)27-21;/h8-14,17-18H,15-16H2,1-7H3;/q-1;+1/b11-10+;/t17-,18-;/m1./s1. The van der Waals surface area contributed by atoms with Gasteiger partial charge < -0.3 is 4.43 Å². The smallest absolute Gasteiger partial charge is 0.417 e. The number of hydrogen-bond donors (Lipinski definition) is 0. The topological polar surface area (TPSA) is 56.3 Å². The number of rotatable bonds is 9. The van der Waals surface area contributed by atoms with Gasteiger partial charge in [0.25, 0.3) is 0 Å². The number of allylic oxidation sites excluding steroid dienone is 1. The van der Waals surface area contributed by atoms with Gasteiger partial charge in [-0.1, -0.05) is 59.1 Å². The zero-order valence-corrected chi connectivity index (χ0v) is 24.2. The van der Waals surface area contributed by atoms with Gasteiger partial charge in [-0.25, -0.2) is 25.6 Å². The van der Waals surface area contributed by atoms with Crippen molar-refractivity contribution in [1.29, 1.82) is 0 Å². The van der Waals surface area contributed by atoms with Crippen LogP contribution in [0.15, 0.2) is 40.8 Å². The molecular weight excluding hydrogens is 441 g/mol. The second-order valence-corrected chi connectivity index (χ2v) is 17.3. The summed E-state index contributed by atoms with van der Waals surface area (Å²) in [4.78, 5) is 4.25. The molecule has 2 atom stereocenters. The summed E-state index contributed by atoms with van der Waals surface area (Å²) in [6.45, 7) is 16.3. The third kappa shape index (κ3) is 7.76. The van der Waals surface area contributed by atoms with E-state index in [1.807, 2.05) is 30.3 Å². The molecule has 0 aliphatic heterocycles. The van der Waals surface area contributed by atoms with Crippen LogP contribution in [0.2, 0.25) is 18.1 Å². The maximum atomic E-state index is 12.5. The molecule has 8 heteroatoms. The Balaban J connectivity index is 0.00000450. The molecule has 0 aliphatic rings. The van der Waals surface area contributed by atoms with E-state index >= 15 is 0 Å². The van der Waals surface area contributed by atoms with Gasteiger partial charge in [-0.3, -0.25) is 0 Å².